The summed E-state index contributed by atoms with van der Waals surface area (Å²) in [7, 11) is 1.39. The molecule has 0 spiro atoms. The fourth-order valence-electron chi connectivity index (χ4n) is 4.34. The third-order valence-electron chi connectivity index (χ3n) is 5.93. The van der Waals surface area contributed by atoms with Gasteiger partial charge in [-0.3, -0.25) is 10.1 Å². The molecular weight excluding hydrogens is 450 g/mol. The second-order valence-corrected chi connectivity index (χ2v) is 8.17. The van der Waals surface area contributed by atoms with Crippen LogP contribution < -0.4 is 20.1 Å². The predicted molar refractivity (Wildman–Crippen MR) is 128 cm³/mol. The number of hydrogen-bond acceptors (Lipinski definition) is 7. The van der Waals surface area contributed by atoms with Gasteiger partial charge in [-0.1, -0.05) is 24.3 Å². The van der Waals surface area contributed by atoms with E-state index in [1.54, 1.807) is 0 Å². The lowest BCUT2D eigenvalue weighted by molar-refractivity contribution is -0.123. The van der Waals surface area contributed by atoms with Crippen LogP contribution in [0.1, 0.15) is 40.0 Å². The number of pyridine rings is 1. The molecule has 5 rings (SSSR count). The van der Waals surface area contributed by atoms with Gasteiger partial charge < -0.3 is 19.5 Å². The molecule has 2 heterocycles. The van der Waals surface area contributed by atoms with Crippen molar-refractivity contribution in [2.75, 3.05) is 20.4 Å². The van der Waals surface area contributed by atoms with Crippen LogP contribution in [0, 0.1) is 0 Å². The lowest BCUT2D eigenvalue weighted by atomic mass is 9.86. The molecule has 0 bridgehead atoms. The van der Waals surface area contributed by atoms with Crippen molar-refractivity contribution in [1.82, 2.24) is 15.6 Å². The van der Waals surface area contributed by atoms with Crippen LogP contribution in [0.4, 0.5) is 4.79 Å². The molecule has 0 fully saturated rings. The van der Waals surface area contributed by atoms with Crippen molar-refractivity contribution in [3.63, 3.8) is 0 Å². The van der Waals surface area contributed by atoms with E-state index in [9.17, 15) is 14.4 Å². The number of rotatable bonds is 4. The predicted octanol–water partition coefficient (Wildman–Crippen LogP) is 3.45. The number of nitrogens with zero attached hydrogens (tertiary/aromatic N) is 1. The topological polar surface area (TPSA) is 116 Å². The molecule has 0 radical (unpaired) electrons. The second kappa shape index (κ2) is 9.46. The van der Waals surface area contributed by atoms with Gasteiger partial charge in [-0.15, -0.1) is 0 Å². The second-order valence-electron chi connectivity index (χ2n) is 8.17. The number of carbonyl (C=O) groups is 3. The highest BCUT2D eigenvalue weighted by Crippen LogP contribution is 2.38. The molecule has 35 heavy (non-hydrogen) atoms. The highest BCUT2D eigenvalue weighted by molar-refractivity contribution is 6.07. The van der Waals surface area contributed by atoms with E-state index in [0.717, 1.165) is 35.2 Å². The number of fused-ring (bicyclic) bond motifs is 3. The molecule has 0 unspecified atom stereocenters. The molecule has 9 nitrogen and oxygen atoms in total. The molecule has 9 heteroatoms. The summed E-state index contributed by atoms with van der Waals surface area (Å²) in [6.07, 6.45) is 4.34. The van der Waals surface area contributed by atoms with Gasteiger partial charge in [-0.05, 0) is 60.2 Å². The number of allylic oxidation sites excluding steroid dienone is 1. The lowest BCUT2D eigenvalue weighted by Gasteiger charge is -2.22. The van der Waals surface area contributed by atoms with Crippen LogP contribution in [0.5, 0.6) is 11.5 Å². The SMILES string of the molecule is CNC(=O)NC(=O)COC(=O)c1c2c(nc3ccccc13)/C(=C\c1ccc3c(c1)OCO3)CCC2. The van der Waals surface area contributed by atoms with Crippen LogP contribution in [0.2, 0.25) is 0 Å². The normalized spacial score (nSPS) is 14.9. The molecule has 0 saturated carbocycles. The van der Waals surface area contributed by atoms with Crippen molar-refractivity contribution in [1.29, 1.82) is 0 Å². The molecule has 2 aliphatic rings. The number of ether oxygens (including phenoxy) is 3. The average Bonchev–Trinajstić information content (AvgIpc) is 3.34. The Morgan fingerprint density at radius 1 is 1.09 bits per heavy atom. The van der Waals surface area contributed by atoms with Crippen molar-refractivity contribution in [2.24, 2.45) is 0 Å². The number of urea groups is 1. The number of hydrogen-bond donors (Lipinski definition) is 2. The van der Waals surface area contributed by atoms with Gasteiger partial charge in [-0.25, -0.2) is 14.6 Å². The Kier molecular flexibility index (Phi) is 6.05. The Bertz CT molecular complexity index is 1380. The fraction of sp³-hybridized carbons (Fsp3) is 0.231. The maximum Gasteiger partial charge on any atom is 0.339 e. The molecule has 2 aromatic carbocycles. The molecule has 2 N–H and O–H groups in total. The number of carbonyl (C=O) groups excluding carboxylic acids is 3. The summed E-state index contributed by atoms with van der Waals surface area (Å²) in [5.74, 6) is 0.0662. The van der Waals surface area contributed by atoms with E-state index in [-0.39, 0.29) is 6.79 Å². The zero-order valence-electron chi connectivity index (χ0n) is 19.1. The molecule has 178 valence electrons. The van der Waals surface area contributed by atoms with Crippen LogP contribution in [-0.2, 0) is 16.0 Å². The zero-order valence-corrected chi connectivity index (χ0v) is 19.1. The zero-order chi connectivity index (χ0) is 24.4. The van der Waals surface area contributed by atoms with E-state index in [2.05, 4.69) is 10.6 Å². The summed E-state index contributed by atoms with van der Waals surface area (Å²) in [4.78, 5) is 41.4. The first-order chi connectivity index (χ1) is 17.0. The van der Waals surface area contributed by atoms with Gasteiger partial charge in [0.15, 0.2) is 18.1 Å². The largest absolute Gasteiger partial charge is 0.454 e. The Morgan fingerprint density at radius 3 is 2.77 bits per heavy atom. The van der Waals surface area contributed by atoms with E-state index < -0.39 is 24.5 Å². The minimum atomic E-state index is -0.715. The summed E-state index contributed by atoms with van der Waals surface area (Å²) in [5.41, 5.74) is 4.54. The third-order valence-corrected chi connectivity index (χ3v) is 5.93. The number of para-hydroxylation sites is 1. The minimum Gasteiger partial charge on any atom is -0.454 e. The summed E-state index contributed by atoms with van der Waals surface area (Å²) in [6.45, 7) is -0.365. The number of aromatic nitrogens is 1. The third kappa shape index (κ3) is 4.52. The smallest absolute Gasteiger partial charge is 0.339 e. The number of nitrogens with one attached hydrogen (secondary N) is 2. The molecule has 3 aromatic rings. The van der Waals surface area contributed by atoms with Gasteiger partial charge in [0.2, 0.25) is 6.79 Å². The number of benzene rings is 2. The highest BCUT2D eigenvalue weighted by atomic mass is 16.7. The van der Waals surface area contributed by atoms with Gasteiger partial charge in [0, 0.05) is 12.4 Å². The molecule has 1 aliphatic carbocycles. The molecule has 1 aromatic heterocycles. The van der Waals surface area contributed by atoms with E-state index >= 15 is 0 Å². The van der Waals surface area contributed by atoms with Crippen LogP contribution in [0.3, 0.4) is 0 Å². The Morgan fingerprint density at radius 2 is 1.91 bits per heavy atom. The first-order valence-corrected chi connectivity index (χ1v) is 11.2. The van der Waals surface area contributed by atoms with Gasteiger partial charge in [-0.2, -0.15) is 0 Å². The van der Waals surface area contributed by atoms with Crippen molar-refractivity contribution >= 4 is 40.5 Å². The van der Waals surface area contributed by atoms with Gasteiger partial charge in [0.05, 0.1) is 16.8 Å². The molecule has 0 atom stereocenters. The summed E-state index contributed by atoms with van der Waals surface area (Å²) in [5, 5.41) is 5.02. The van der Waals surface area contributed by atoms with E-state index in [4.69, 9.17) is 19.2 Å². The fourth-order valence-corrected chi connectivity index (χ4v) is 4.34. The van der Waals surface area contributed by atoms with Crippen molar-refractivity contribution in [2.45, 2.75) is 19.3 Å². The standard InChI is InChI=1S/C26H23N3O6/c1-27-26(32)29-22(30)13-33-25(31)23-17-6-2-3-8-19(17)28-24-16(5-4-7-18(23)24)11-15-9-10-20-21(12-15)35-14-34-20/h2-3,6,8-12H,4-5,7,13-14H2,1H3,(H2,27,29,30,32)/b16-11-. The molecule has 3 amide bonds. The number of esters is 1. The van der Waals surface area contributed by atoms with Gasteiger partial charge in [0.1, 0.15) is 0 Å². The minimum absolute atomic E-state index is 0.207. The Labute approximate surface area is 201 Å². The average molecular weight is 473 g/mol. The number of amides is 3. The summed E-state index contributed by atoms with van der Waals surface area (Å²) in [6, 6.07) is 12.4. The highest BCUT2D eigenvalue weighted by Gasteiger charge is 2.26. The molecular formula is C26H23N3O6. The van der Waals surface area contributed by atoms with E-state index in [1.807, 2.05) is 48.5 Å². The monoisotopic (exact) mass is 473 g/mol. The lowest BCUT2D eigenvalue weighted by Crippen LogP contribution is -2.39. The van der Waals surface area contributed by atoms with E-state index in [0.29, 0.717) is 34.4 Å². The molecule has 0 saturated heterocycles. The van der Waals surface area contributed by atoms with Gasteiger partial charge >= 0.3 is 12.0 Å². The summed E-state index contributed by atoms with van der Waals surface area (Å²) >= 11 is 0. The number of imide groups is 1. The first kappa shape index (κ1) is 22.4. The first-order valence-electron chi connectivity index (χ1n) is 11.2. The van der Waals surface area contributed by atoms with Gasteiger partial charge in [0.25, 0.3) is 5.91 Å². The quantitative estimate of drug-likeness (QED) is 0.558. The maximum atomic E-state index is 13.2. The van der Waals surface area contributed by atoms with Crippen LogP contribution in [0.15, 0.2) is 42.5 Å². The summed E-state index contributed by atoms with van der Waals surface area (Å²) < 4.78 is 16.2. The van der Waals surface area contributed by atoms with E-state index in [1.165, 1.54) is 7.05 Å². The van der Waals surface area contributed by atoms with Crippen LogP contribution in [0.25, 0.3) is 22.6 Å². The van der Waals surface area contributed by atoms with Crippen molar-refractivity contribution in [3.8, 4) is 11.5 Å². The van der Waals surface area contributed by atoms with Crippen LogP contribution in [-0.4, -0.2) is 43.3 Å². The maximum absolute atomic E-state index is 13.2. The Balaban J connectivity index is 1.51. The van der Waals surface area contributed by atoms with Crippen LogP contribution >= 0.6 is 0 Å². The van der Waals surface area contributed by atoms with Crippen molar-refractivity contribution < 1.29 is 28.6 Å². The Hall–Kier alpha value is -4.40. The molecule has 1 aliphatic heterocycles. The van der Waals surface area contributed by atoms with Crippen molar-refractivity contribution in [3.05, 3.63) is 64.8 Å².